The number of rotatable bonds is 5. The average molecular weight is 379 g/mol. The summed E-state index contributed by atoms with van der Waals surface area (Å²) in [5.74, 6) is 0.735. The van der Waals surface area contributed by atoms with Crippen molar-refractivity contribution >= 4 is 15.9 Å². The number of amides is 1. The first kappa shape index (κ1) is 19.4. The molecular formula is C20H30N2O3S. The van der Waals surface area contributed by atoms with Crippen LogP contribution in [0.25, 0.3) is 0 Å². The maximum Gasteiger partial charge on any atom is 0.240 e. The molecule has 5 nitrogen and oxygen atoms in total. The molecule has 1 aromatic carbocycles. The number of piperidine rings is 1. The summed E-state index contributed by atoms with van der Waals surface area (Å²) in [4.78, 5) is 15.0. The first-order valence-electron chi connectivity index (χ1n) is 9.75. The Morgan fingerprint density at radius 2 is 1.88 bits per heavy atom. The predicted molar refractivity (Wildman–Crippen MR) is 102 cm³/mol. The van der Waals surface area contributed by atoms with Gasteiger partial charge in [-0.25, -0.2) is 13.1 Å². The van der Waals surface area contributed by atoms with Crippen LogP contribution in [0.15, 0.2) is 23.1 Å². The third-order valence-corrected chi connectivity index (χ3v) is 7.43. The van der Waals surface area contributed by atoms with Gasteiger partial charge in [-0.2, -0.15) is 0 Å². The van der Waals surface area contributed by atoms with Crippen molar-refractivity contribution in [2.24, 2.45) is 5.92 Å². The molecule has 2 atom stereocenters. The highest BCUT2D eigenvalue weighted by atomic mass is 32.2. The number of nitrogens with one attached hydrogen (secondary N) is 1. The minimum Gasteiger partial charge on any atom is -0.339 e. The second-order valence-corrected chi connectivity index (χ2v) is 9.49. The van der Waals surface area contributed by atoms with Gasteiger partial charge in [0, 0.05) is 25.6 Å². The van der Waals surface area contributed by atoms with Gasteiger partial charge in [0.2, 0.25) is 15.9 Å². The molecule has 0 spiro atoms. The lowest BCUT2D eigenvalue weighted by Gasteiger charge is -2.44. The summed E-state index contributed by atoms with van der Waals surface area (Å²) in [6.07, 6.45) is 7.34. The predicted octanol–water partition coefficient (Wildman–Crippen LogP) is 3.15. The second-order valence-electron chi connectivity index (χ2n) is 7.76. The second kappa shape index (κ2) is 8.09. The number of sulfonamides is 1. The zero-order valence-corrected chi connectivity index (χ0v) is 16.6. The van der Waals surface area contributed by atoms with E-state index in [-0.39, 0.29) is 18.9 Å². The Labute approximate surface area is 157 Å². The molecule has 1 heterocycles. The van der Waals surface area contributed by atoms with Crippen LogP contribution in [-0.4, -0.2) is 38.4 Å². The molecule has 26 heavy (non-hydrogen) atoms. The normalized spacial score (nSPS) is 23.5. The topological polar surface area (TPSA) is 66.5 Å². The van der Waals surface area contributed by atoms with E-state index in [1.54, 1.807) is 13.0 Å². The van der Waals surface area contributed by atoms with Gasteiger partial charge in [-0.15, -0.1) is 0 Å². The molecular weight excluding hydrogens is 348 g/mol. The number of nitrogens with zero attached hydrogens (tertiary/aromatic N) is 1. The monoisotopic (exact) mass is 378 g/mol. The molecule has 2 aliphatic rings. The molecule has 1 saturated heterocycles. The zero-order chi connectivity index (χ0) is 18.7. The zero-order valence-electron chi connectivity index (χ0n) is 15.8. The molecule has 144 valence electrons. The summed E-state index contributed by atoms with van der Waals surface area (Å²) < 4.78 is 27.7. The van der Waals surface area contributed by atoms with Gasteiger partial charge < -0.3 is 4.90 Å². The van der Waals surface area contributed by atoms with Crippen LogP contribution < -0.4 is 4.72 Å². The third-order valence-electron chi connectivity index (χ3n) is 5.83. The van der Waals surface area contributed by atoms with Gasteiger partial charge in [-0.1, -0.05) is 25.0 Å². The van der Waals surface area contributed by atoms with E-state index in [2.05, 4.69) is 4.72 Å². The minimum atomic E-state index is -3.58. The van der Waals surface area contributed by atoms with Gasteiger partial charge in [0.1, 0.15) is 0 Å². The largest absolute Gasteiger partial charge is 0.339 e. The first-order chi connectivity index (χ1) is 12.4. The van der Waals surface area contributed by atoms with Gasteiger partial charge in [0.25, 0.3) is 0 Å². The molecule has 2 fully saturated rings. The fraction of sp³-hybridized carbons (Fsp3) is 0.650. The van der Waals surface area contributed by atoms with Gasteiger partial charge >= 0.3 is 0 Å². The van der Waals surface area contributed by atoms with Crippen LogP contribution in [0.1, 0.15) is 56.1 Å². The fourth-order valence-electron chi connectivity index (χ4n) is 4.44. The summed E-state index contributed by atoms with van der Waals surface area (Å²) >= 11 is 0. The number of carbonyl (C=O) groups excluding carboxylic acids is 1. The maximum atomic E-state index is 12.7. The van der Waals surface area contributed by atoms with E-state index in [9.17, 15) is 13.2 Å². The number of hydrogen-bond acceptors (Lipinski definition) is 3. The average Bonchev–Trinajstić information content (AvgIpc) is 2.63. The lowest BCUT2D eigenvalue weighted by Crippen LogP contribution is -2.50. The molecule has 0 aromatic heterocycles. The SMILES string of the molecule is Cc1ccc(C)c(S(=O)(=O)NCCC(=O)N2CCC[C@H]3CCCC[C@H]32)c1. The van der Waals surface area contributed by atoms with E-state index < -0.39 is 10.0 Å². The van der Waals surface area contributed by atoms with E-state index in [0.29, 0.717) is 16.9 Å². The van der Waals surface area contributed by atoms with Crippen LogP contribution in [0.5, 0.6) is 0 Å². The van der Waals surface area contributed by atoms with Crippen molar-refractivity contribution in [3.05, 3.63) is 29.3 Å². The molecule has 1 saturated carbocycles. The number of benzene rings is 1. The molecule has 1 aromatic rings. The summed E-state index contributed by atoms with van der Waals surface area (Å²) in [7, 11) is -3.58. The number of hydrogen-bond donors (Lipinski definition) is 1. The van der Waals surface area contributed by atoms with Gasteiger partial charge in [0.15, 0.2) is 0 Å². The minimum absolute atomic E-state index is 0.0882. The van der Waals surface area contributed by atoms with Crippen molar-refractivity contribution in [3.63, 3.8) is 0 Å². The molecule has 0 unspecified atom stereocenters. The summed E-state index contributed by atoms with van der Waals surface area (Å²) in [6.45, 7) is 4.64. The summed E-state index contributed by atoms with van der Waals surface area (Å²) in [6, 6.07) is 5.76. The molecule has 0 bridgehead atoms. The van der Waals surface area contributed by atoms with Crippen LogP contribution in [0.3, 0.4) is 0 Å². The van der Waals surface area contributed by atoms with E-state index in [1.165, 1.54) is 25.7 Å². The molecule has 1 N–H and O–H groups in total. The van der Waals surface area contributed by atoms with Crippen molar-refractivity contribution < 1.29 is 13.2 Å². The van der Waals surface area contributed by atoms with Crippen LogP contribution >= 0.6 is 0 Å². The van der Waals surface area contributed by atoms with E-state index in [1.807, 2.05) is 24.0 Å². The van der Waals surface area contributed by atoms with Crippen LogP contribution in [0.4, 0.5) is 0 Å². The summed E-state index contributed by atoms with van der Waals surface area (Å²) in [5.41, 5.74) is 1.62. The highest BCUT2D eigenvalue weighted by Gasteiger charge is 2.35. The maximum absolute atomic E-state index is 12.7. The van der Waals surface area contributed by atoms with Crippen molar-refractivity contribution in [1.82, 2.24) is 9.62 Å². The lowest BCUT2D eigenvalue weighted by atomic mass is 9.78. The van der Waals surface area contributed by atoms with Gasteiger partial charge in [-0.3, -0.25) is 4.79 Å². The molecule has 1 aliphatic heterocycles. The Morgan fingerprint density at radius 3 is 2.69 bits per heavy atom. The van der Waals surface area contributed by atoms with Crippen LogP contribution in [0.2, 0.25) is 0 Å². The number of aryl methyl sites for hydroxylation is 2. The van der Waals surface area contributed by atoms with Gasteiger partial charge in [0.05, 0.1) is 4.90 Å². The Kier molecular flexibility index (Phi) is 6.03. The van der Waals surface area contributed by atoms with E-state index in [0.717, 1.165) is 30.5 Å². The Bertz CT molecular complexity index is 758. The number of likely N-dealkylation sites (tertiary alicyclic amines) is 1. The Hall–Kier alpha value is -1.40. The highest BCUT2D eigenvalue weighted by Crippen LogP contribution is 2.35. The standard InChI is InChI=1S/C20H30N2O3S/c1-15-9-10-16(2)19(14-15)26(24,25)21-12-11-20(23)22-13-5-7-17-6-3-4-8-18(17)22/h9-10,14,17-18,21H,3-8,11-13H2,1-2H3/t17-,18-/m1/s1. The number of fused-ring (bicyclic) bond motifs is 1. The van der Waals surface area contributed by atoms with E-state index >= 15 is 0 Å². The van der Waals surface area contributed by atoms with Crippen LogP contribution in [-0.2, 0) is 14.8 Å². The smallest absolute Gasteiger partial charge is 0.240 e. The fourth-order valence-corrected chi connectivity index (χ4v) is 5.80. The molecule has 0 radical (unpaired) electrons. The quantitative estimate of drug-likeness (QED) is 0.856. The lowest BCUT2D eigenvalue weighted by molar-refractivity contribution is -0.137. The summed E-state index contributed by atoms with van der Waals surface area (Å²) in [5, 5.41) is 0. The Balaban J connectivity index is 1.58. The highest BCUT2D eigenvalue weighted by molar-refractivity contribution is 7.89. The van der Waals surface area contributed by atoms with Crippen molar-refractivity contribution in [2.45, 2.75) is 69.7 Å². The molecule has 1 aliphatic carbocycles. The Morgan fingerprint density at radius 1 is 1.15 bits per heavy atom. The van der Waals surface area contributed by atoms with Crippen molar-refractivity contribution in [3.8, 4) is 0 Å². The molecule has 1 amide bonds. The molecule has 6 heteroatoms. The van der Waals surface area contributed by atoms with Crippen molar-refractivity contribution in [1.29, 1.82) is 0 Å². The van der Waals surface area contributed by atoms with E-state index in [4.69, 9.17) is 0 Å². The van der Waals surface area contributed by atoms with Gasteiger partial charge in [-0.05, 0) is 62.6 Å². The van der Waals surface area contributed by atoms with Crippen LogP contribution in [0, 0.1) is 19.8 Å². The first-order valence-corrected chi connectivity index (χ1v) is 11.2. The number of carbonyl (C=O) groups is 1. The van der Waals surface area contributed by atoms with Crippen molar-refractivity contribution in [2.75, 3.05) is 13.1 Å². The molecule has 3 rings (SSSR count). The third kappa shape index (κ3) is 4.29.